The highest BCUT2D eigenvalue weighted by Crippen LogP contribution is 2.62. The molecule has 0 unspecified atom stereocenters. The monoisotopic (exact) mass is 426 g/mol. The van der Waals surface area contributed by atoms with Crippen LogP contribution in [0.1, 0.15) is 49.7 Å². The van der Waals surface area contributed by atoms with Crippen molar-refractivity contribution in [3.05, 3.63) is 29.3 Å². The first-order valence-electron chi connectivity index (χ1n) is 8.99. The number of rotatable bonds is 2. The molecule has 1 aromatic rings. The predicted octanol–water partition coefficient (Wildman–Crippen LogP) is 4.57. The summed E-state index contributed by atoms with van der Waals surface area (Å²) in [5.41, 5.74) is 3.22. The van der Waals surface area contributed by atoms with Crippen molar-refractivity contribution in [3.63, 3.8) is 0 Å². The van der Waals surface area contributed by atoms with Crippen LogP contribution in [0.25, 0.3) is 0 Å². The van der Waals surface area contributed by atoms with E-state index in [1.54, 1.807) is 12.7 Å². The summed E-state index contributed by atoms with van der Waals surface area (Å²) in [5.74, 6) is 3.65. The molecule has 1 N–H and O–H groups in total. The van der Waals surface area contributed by atoms with Crippen LogP contribution in [0, 0.1) is 23.2 Å². The first-order valence-corrected chi connectivity index (χ1v) is 10.5. The van der Waals surface area contributed by atoms with Gasteiger partial charge in [-0.2, -0.15) is 0 Å². The lowest BCUT2D eigenvalue weighted by molar-refractivity contribution is -0.0302. The van der Waals surface area contributed by atoms with Crippen molar-refractivity contribution in [2.45, 2.75) is 51.0 Å². The van der Waals surface area contributed by atoms with E-state index >= 15 is 0 Å². The van der Waals surface area contributed by atoms with Crippen LogP contribution in [0.2, 0.25) is 0 Å². The van der Waals surface area contributed by atoms with E-state index < -0.39 is 0 Å². The van der Waals surface area contributed by atoms with Crippen molar-refractivity contribution in [1.82, 2.24) is 0 Å². The molecule has 2 nitrogen and oxygen atoms in total. The van der Waals surface area contributed by atoms with E-state index in [2.05, 4.69) is 47.7 Å². The quantitative estimate of drug-likeness (QED) is 0.555. The van der Waals surface area contributed by atoms with E-state index in [1.807, 2.05) is 0 Å². The Morgan fingerprint density at radius 2 is 2.17 bits per heavy atom. The van der Waals surface area contributed by atoms with Gasteiger partial charge in [0.1, 0.15) is 5.75 Å². The largest absolute Gasteiger partial charge is 0.497 e. The Hall–Kier alpha value is -0.290. The Bertz CT molecular complexity index is 601. The van der Waals surface area contributed by atoms with E-state index in [-0.39, 0.29) is 11.5 Å². The normalized spacial score (nSPS) is 41.8. The molecule has 0 radical (unpaired) electrons. The first-order chi connectivity index (χ1) is 11.1. The summed E-state index contributed by atoms with van der Waals surface area (Å²) in [5, 5.41) is 10.9. The van der Waals surface area contributed by atoms with Crippen molar-refractivity contribution in [1.29, 1.82) is 0 Å². The van der Waals surface area contributed by atoms with Crippen LogP contribution in [0.5, 0.6) is 5.75 Å². The number of aliphatic hydroxyl groups is 1. The van der Waals surface area contributed by atoms with Gasteiger partial charge >= 0.3 is 0 Å². The molecule has 3 aliphatic rings. The number of hydrogen-bond donors (Lipinski definition) is 1. The molecule has 0 aromatic heterocycles. The lowest BCUT2D eigenvalue weighted by atomic mass is 9.55. The van der Waals surface area contributed by atoms with Gasteiger partial charge in [-0.25, -0.2) is 0 Å². The van der Waals surface area contributed by atoms with E-state index in [4.69, 9.17) is 4.74 Å². The van der Waals surface area contributed by atoms with E-state index in [1.165, 1.54) is 37.7 Å². The molecule has 3 heteroatoms. The maximum atomic E-state index is 10.9. The van der Waals surface area contributed by atoms with Crippen LogP contribution in [-0.2, 0) is 6.42 Å². The predicted molar refractivity (Wildman–Crippen MR) is 101 cm³/mol. The molecule has 23 heavy (non-hydrogen) atoms. The van der Waals surface area contributed by atoms with Crippen molar-refractivity contribution in [3.8, 4) is 5.75 Å². The maximum Gasteiger partial charge on any atom is 0.119 e. The lowest BCUT2D eigenvalue weighted by Crippen LogP contribution is -2.44. The van der Waals surface area contributed by atoms with Gasteiger partial charge in [-0.3, -0.25) is 0 Å². The van der Waals surface area contributed by atoms with Gasteiger partial charge < -0.3 is 9.84 Å². The van der Waals surface area contributed by atoms with Gasteiger partial charge in [-0.05, 0) is 84.5 Å². The zero-order valence-electron chi connectivity index (χ0n) is 14.1. The highest BCUT2D eigenvalue weighted by atomic mass is 127. The van der Waals surface area contributed by atoms with Gasteiger partial charge in [0.25, 0.3) is 0 Å². The fraction of sp³-hybridized carbons (Fsp3) is 0.700. The van der Waals surface area contributed by atoms with Crippen molar-refractivity contribution in [2.24, 2.45) is 23.2 Å². The van der Waals surface area contributed by atoms with E-state index in [9.17, 15) is 5.11 Å². The molecule has 2 fully saturated rings. The molecule has 126 valence electrons. The fourth-order valence-electron chi connectivity index (χ4n) is 5.99. The smallest absolute Gasteiger partial charge is 0.119 e. The fourth-order valence-corrected chi connectivity index (χ4v) is 6.83. The molecule has 6 atom stereocenters. The van der Waals surface area contributed by atoms with E-state index in [0.717, 1.165) is 16.1 Å². The van der Waals surface area contributed by atoms with Crippen molar-refractivity contribution >= 4 is 22.6 Å². The van der Waals surface area contributed by atoms with Gasteiger partial charge in [-0.1, -0.05) is 35.6 Å². The molecular formula is C20H27IO2. The highest BCUT2D eigenvalue weighted by molar-refractivity contribution is 14.1. The average molecular weight is 426 g/mol. The molecule has 0 saturated heterocycles. The SMILES string of the molecule is COc1ccc2c(c1)CC[C@@H]1[C@@H]2CC[C@@]2(C)[C@@H](O)[C@H](CI)C[C@@H]12. The number of alkyl halides is 1. The molecule has 1 aromatic carbocycles. The lowest BCUT2D eigenvalue weighted by Gasteiger charge is -2.50. The van der Waals surface area contributed by atoms with Crippen LogP contribution < -0.4 is 4.74 Å². The third-order valence-corrected chi connectivity index (χ3v) is 8.38. The Labute approximate surface area is 153 Å². The summed E-state index contributed by atoms with van der Waals surface area (Å²) < 4.78 is 6.50. The Morgan fingerprint density at radius 1 is 1.35 bits per heavy atom. The van der Waals surface area contributed by atoms with Gasteiger partial charge in [0.15, 0.2) is 0 Å². The van der Waals surface area contributed by atoms with Gasteiger partial charge in [0, 0.05) is 4.43 Å². The van der Waals surface area contributed by atoms with Crippen LogP contribution in [0.15, 0.2) is 18.2 Å². The third-order valence-electron chi connectivity index (χ3n) is 7.25. The van der Waals surface area contributed by atoms with Gasteiger partial charge in [0.2, 0.25) is 0 Å². The van der Waals surface area contributed by atoms with Crippen LogP contribution >= 0.6 is 22.6 Å². The first kappa shape index (κ1) is 16.2. The Kier molecular flexibility index (Phi) is 4.16. The summed E-state index contributed by atoms with van der Waals surface area (Å²) >= 11 is 2.47. The van der Waals surface area contributed by atoms with E-state index in [0.29, 0.717) is 17.8 Å². The van der Waals surface area contributed by atoms with Crippen LogP contribution in [0.3, 0.4) is 0 Å². The molecule has 2 saturated carbocycles. The molecular weight excluding hydrogens is 399 g/mol. The third kappa shape index (κ3) is 2.37. The minimum absolute atomic E-state index is 0.0948. The number of aryl methyl sites for hydroxylation is 1. The number of hydrogen-bond acceptors (Lipinski definition) is 2. The zero-order valence-corrected chi connectivity index (χ0v) is 16.3. The number of halogens is 1. The van der Waals surface area contributed by atoms with Gasteiger partial charge in [-0.15, -0.1) is 0 Å². The zero-order chi connectivity index (χ0) is 16.2. The molecule has 4 rings (SSSR count). The standard InChI is InChI=1S/C20H27IO2/c1-20-8-7-16-15-6-4-14(23-2)9-12(15)3-5-17(16)18(20)10-13(11-21)19(20)22/h4,6,9,13,16-19,22H,3,5,7-8,10-11H2,1-2H3/t13-,16+,17+,18-,19-,20+/m0/s1. The number of fused-ring (bicyclic) bond motifs is 5. The molecule has 3 aliphatic carbocycles. The minimum atomic E-state index is -0.0948. The average Bonchev–Trinajstić information content (AvgIpc) is 2.85. The molecule has 0 bridgehead atoms. The molecule has 0 spiro atoms. The maximum absolute atomic E-state index is 10.9. The van der Waals surface area contributed by atoms with Crippen LogP contribution in [0.4, 0.5) is 0 Å². The number of benzene rings is 1. The summed E-state index contributed by atoms with van der Waals surface area (Å²) in [4.78, 5) is 0. The van der Waals surface area contributed by atoms with Crippen molar-refractivity contribution < 1.29 is 9.84 Å². The van der Waals surface area contributed by atoms with Crippen molar-refractivity contribution in [2.75, 3.05) is 11.5 Å². The summed E-state index contributed by atoms with van der Waals surface area (Å²) in [6.45, 7) is 2.37. The summed E-state index contributed by atoms with van der Waals surface area (Å²) in [6, 6.07) is 6.69. The Morgan fingerprint density at radius 3 is 2.91 bits per heavy atom. The van der Waals surface area contributed by atoms with Crippen LogP contribution in [-0.4, -0.2) is 22.7 Å². The number of ether oxygens (including phenoxy) is 1. The molecule has 0 amide bonds. The second kappa shape index (κ2) is 5.91. The van der Waals surface area contributed by atoms with Gasteiger partial charge in [0.05, 0.1) is 13.2 Å². The summed E-state index contributed by atoms with van der Waals surface area (Å²) in [6.07, 6.45) is 6.01. The minimum Gasteiger partial charge on any atom is -0.497 e. The highest BCUT2D eigenvalue weighted by Gasteiger charge is 2.57. The second-order valence-electron chi connectivity index (χ2n) is 8.12. The molecule has 0 heterocycles. The summed E-state index contributed by atoms with van der Waals surface area (Å²) in [7, 11) is 1.75. The number of methoxy groups -OCH3 is 1. The number of aliphatic hydroxyl groups excluding tert-OH is 1. The Balaban J connectivity index is 1.67. The topological polar surface area (TPSA) is 29.5 Å². The second-order valence-corrected chi connectivity index (χ2v) is 9.00. The molecule has 0 aliphatic heterocycles.